The molecule has 2 atom stereocenters. The van der Waals surface area contributed by atoms with Crippen LogP contribution in [0.2, 0.25) is 0 Å². The van der Waals surface area contributed by atoms with E-state index in [2.05, 4.69) is 42.3 Å². The van der Waals surface area contributed by atoms with Crippen molar-refractivity contribution in [3.63, 3.8) is 0 Å². The Kier molecular flexibility index (Phi) is 5.17. The molecule has 108 valence electrons. The van der Waals surface area contributed by atoms with Gasteiger partial charge in [0.05, 0.1) is 6.07 Å². The zero-order valence-electron chi connectivity index (χ0n) is 12.6. The molecule has 1 aliphatic rings. The lowest BCUT2D eigenvalue weighted by molar-refractivity contribution is 0.236. The number of benzene rings is 1. The van der Waals surface area contributed by atoms with Crippen molar-refractivity contribution in [3.8, 4) is 6.07 Å². The molecule has 0 aliphatic carbocycles. The molecule has 2 rings (SSSR count). The fourth-order valence-electron chi connectivity index (χ4n) is 3.16. The molecule has 20 heavy (non-hydrogen) atoms. The highest BCUT2D eigenvalue weighted by Crippen LogP contribution is 2.26. The van der Waals surface area contributed by atoms with Gasteiger partial charge in [0.25, 0.3) is 0 Å². The van der Waals surface area contributed by atoms with E-state index in [1.54, 1.807) is 0 Å². The molecular formula is C17H25N3. The maximum atomic E-state index is 9.77. The Morgan fingerprint density at radius 2 is 2.15 bits per heavy atom. The van der Waals surface area contributed by atoms with Gasteiger partial charge in [-0.05, 0) is 44.8 Å². The second kappa shape index (κ2) is 6.88. The van der Waals surface area contributed by atoms with E-state index in [1.807, 2.05) is 18.2 Å². The van der Waals surface area contributed by atoms with Crippen molar-refractivity contribution in [1.82, 2.24) is 10.2 Å². The summed E-state index contributed by atoms with van der Waals surface area (Å²) in [5.74, 6) is 0. The summed E-state index contributed by atoms with van der Waals surface area (Å²) in [6.45, 7) is 7.31. The molecular weight excluding hydrogens is 246 g/mol. The Morgan fingerprint density at radius 1 is 1.40 bits per heavy atom. The summed E-state index contributed by atoms with van der Waals surface area (Å²) >= 11 is 0. The summed E-state index contributed by atoms with van der Waals surface area (Å²) < 4.78 is 0. The number of rotatable bonds is 6. The molecule has 0 amide bonds. The van der Waals surface area contributed by atoms with E-state index in [0.717, 1.165) is 25.1 Å². The van der Waals surface area contributed by atoms with Crippen molar-refractivity contribution < 1.29 is 0 Å². The molecule has 1 aliphatic heterocycles. The number of likely N-dealkylation sites (tertiary alicyclic amines) is 1. The number of nitriles is 1. The van der Waals surface area contributed by atoms with Gasteiger partial charge in [-0.3, -0.25) is 5.32 Å². The van der Waals surface area contributed by atoms with Crippen molar-refractivity contribution >= 4 is 0 Å². The summed E-state index contributed by atoms with van der Waals surface area (Å²) in [5, 5.41) is 13.2. The number of hydrogen-bond acceptors (Lipinski definition) is 3. The second-order valence-corrected chi connectivity index (χ2v) is 5.69. The molecule has 0 aromatic heterocycles. The molecule has 1 aromatic carbocycles. The third kappa shape index (κ3) is 3.20. The first-order valence-corrected chi connectivity index (χ1v) is 7.67. The van der Waals surface area contributed by atoms with Gasteiger partial charge < -0.3 is 4.90 Å². The van der Waals surface area contributed by atoms with Crippen LogP contribution in [0, 0.1) is 11.3 Å². The Bertz CT molecular complexity index is 451. The molecule has 1 heterocycles. The topological polar surface area (TPSA) is 39.1 Å². The minimum Gasteiger partial charge on any atom is -0.301 e. The quantitative estimate of drug-likeness (QED) is 0.864. The molecule has 0 spiro atoms. The van der Waals surface area contributed by atoms with E-state index < -0.39 is 5.54 Å². The zero-order valence-corrected chi connectivity index (χ0v) is 12.6. The summed E-state index contributed by atoms with van der Waals surface area (Å²) in [6, 6.07) is 13.3. The Morgan fingerprint density at radius 3 is 2.70 bits per heavy atom. The Labute approximate surface area is 122 Å². The molecule has 1 N–H and O–H groups in total. The molecule has 0 radical (unpaired) electrons. The third-order valence-electron chi connectivity index (χ3n) is 4.40. The first kappa shape index (κ1) is 15.0. The van der Waals surface area contributed by atoms with Gasteiger partial charge in [-0.1, -0.05) is 37.3 Å². The van der Waals surface area contributed by atoms with E-state index >= 15 is 0 Å². The van der Waals surface area contributed by atoms with Crippen LogP contribution >= 0.6 is 0 Å². The summed E-state index contributed by atoms with van der Waals surface area (Å²) in [6.07, 6.45) is 3.41. The summed E-state index contributed by atoms with van der Waals surface area (Å²) in [5.41, 5.74) is 0.523. The van der Waals surface area contributed by atoms with Crippen LogP contribution in [0.1, 0.15) is 38.7 Å². The van der Waals surface area contributed by atoms with E-state index in [4.69, 9.17) is 0 Å². The predicted octanol–water partition coefficient (Wildman–Crippen LogP) is 2.89. The van der Waals surface area contributed by atoms with Crippen LogP contribution in [0.4, 0.5) is 0 Å². The van der Waals surface area contributed by atoms with Crippen LogP contribution in [0.15, 0.2) is 30.3 Å². The first-order chi connectivity index (χ1) is 9.72. The molecule has 0 saturated carbocycles. The van der Waals surface area contributed by atoms with Gasteiger partial charge in [0.15, 0.2) is 0 Å². The smallest absolute Gasteiger partial charge is 0.133 e. The maximum absolute atomic E-state index is 9.77. The largest absolute Gasteiger partial charge is 0.301 e. The molecule has 2 unspecified atom stereocenters. The predicted molar refractivity (Wildman–Crippen MR) is 82.3 cm³/mol. The summed E-state index contributed by atoms with van der Waals surface area (Å²) in [4.78, 5) is 2.51. The Balaban J connectivity index is 2.13. The number of hydrogen-bond donors (Lipinski definition) is 1. The molecule has 1 saturated heterocycles. The molecule has 0 bridgehead atoms. The van der Waals surface area contributed by atoms with Crippen LogP contribution in [0.5, 0.6) is 0 Å². The zero-order chi connectivity index (χ0) is 14.4. The first-order valence-electron chi connectivity index (χ1n) is 7.67. The molecule has 3 heteroatoms. The Hall–Kier alpha value is -1.37. The van der Waals surface area contributed by atoms with Crippen LogP contribution < -0.4 is 5.32 Å². The monoisotopic (exact) mass is 271 g/mol. The third-order valence-corrected chi connectivity index (χ3v) is 4.40. The normalized spacial score (nSPS) is 22.4. The van der Waals surface area contributed by atoms with Crippen LogP contribution in [-0.2, 0) is 5.54 Å². The van der Waals surface area contributed by atoms with E-state index in [9.17, 15) is 5.26 Å². The van der Waals surface area contributed by atoms with Gasteiger partial charge in [0.2, 0.25) is 0 Å². The van der Waals surface area contributed by atoms with Crippen molar-refractivity contribution in [2.75, 3.05) is 19.6 Å². The minimum atomic E-state index is -0.557. The highest BCUT2D eigenvalue weighted by molar-refractivity contribution is 5.31. The van der Waals surface area contributed by atoms with Crippen LogP contribution in [0.25, 0.3) is 0 Å². The minimum absolute atomic E-state index is 0.557. The molecule has 1 fully saturated rings. The maximum Gasteiger partial charge on any atom is 0.133 e. The summed E-state index contributed by atoms with van der Waals surface area (Å²) in [7, 11) is 0. The number of nitrogens with zero attached hydrogens (tertiary/aromatic N) is 2. The van der Waals surface area contributed by atoms with Crippen LogP contribution in [0.3, 0.4) is 0 Å². The second-order valence-electron chi connectivity index (χ2n) is 5.69. The average Bonchev–Trinajstić information content (AvgIpc) is 2.90. The fourth-order valence-corrected chi connectivity index (χ4v) is 3.16. The standard InChI is InChI=1S/C17H25N3/c1-3-19-17(14-18,16-9-5-4-6-10-16)11-13-20-12-7-8-15(20)2/h4-6,9-10,15,19H,3,7-8,11-13H2,1-2H3. The van der Waals surface area contributed by atoms with Gasteiger partial charge in [0, 0.05) is 12.6 Å². The van der Waals surface area contributed by atoms with E-state index in [0.29, 0.717) is 6.04 Å². The lowest BCUT2D eigenvalue weighted by Crippen LogP contribution is -2.44. The van der Waals surface area contributed by atoms with Crippen molar-refractivity contribution in [1.29, 1.82) is 5.26 Å². The van der Waals surface area contributed by atoms with Gasteiger partial charge in [-0.2, -0.15) is 5.26 Å². The van der Waals surface area contributed by atoms with Gasteiger partial charge in [-0.15, -0.1) is 0 Å². The SMILES string of the molecule is CCNC(C#N)(CCN1CCCC1C)c1ccccc1. The fraction of sp³-hybridized carbons (Fsp3) is 0.588. The van der Waals surface area contributed by atoms with Crippen LogP contribution in [-0.4, -0.2) is 30.6 Å². The number of nitrogens with one attached hydrogen (secondary N) is 1. The van der Waals surface area contributed by atoms with Crippen molar-refractivity contribution in [2.45, 2.75) is 44.7 Å². The van der Waals surface area contributed by atoms with E-state index in [-0.39, 0.29) is 0 Å². The van der Waals surface area contributed by atoms with Gasteiger partial charge in [0.1, 0.15) is 5.54 Å². The molecule has 1 aromatic rings. The van der Waals surface area contributed by atoms with Crippen molar-refractivity contribution in [3.05, 3.63) is 35.9 Å². The average molecular weight is 271 g/mol. The van der Waals surface area contributed by atoms with Gasteiger partial charge >= 0.3 is 0 Å². The lowest BCUT2D eigenvalue weighted by Gasteiger charge is -2.31. The molecule has 3 nitrogen and oxygen atoms in total. The van der Waals surface area contributed by atoms with E-state index in [1.165, 1.54) is 19.4 Å². The highest BCUT2D eigenvalue weighted by Gasteiger charge is 2.32. The highest BCUT2D eigenvalue weighted by atomic mass is 15.2. The lowest BCUT2D eigenvalue weighted by atomic mass is 9.87. The van der Waals surface area contributed by atoms with Crippen molar-refractivity contribution in [2.24, 2.45) is 0 Å². The van der Waals surface area contributed by atoms with Gasteiger partial charge in [-0.25, -0.2) is 0 Å².